The van der Waals surface area contributed by atoms with Crippen molar-refractivity contribution in [1.82, 2.24) is 15.0 Å². The second kappa shape index (κ2) is 6.86. The lowest BCUT2D eigenvalue weighted by molar-refractivity contribution is 0.122. The topological polar surface area (TPSA) is 78.4 Å². The van der Waals surface area contributed by atoms with Crippen LogP contribution in [0.2, 0.25) is 0 Å². The average molecular weight is 340 g/mol. The molecule has 25 heavy (non-hydrogen) atoms. The molecule has 1 aliphatic heterocycles. The second-order valence-electron chi connectivity index (χ2n) is 5.62. The smallest absolute Gasteiger partial charge is 0.245 e. The highest BCUT2D eigenvalue weighted by Gasteiger charge is 2.17. The molecule has 8 heteroatoms. The Morgan fingerprint density at radius 3 is 3.00 bits per heavy atom. The lowest BCUT2D eigenvalue weighted by atomic mass is 10.2. The summed E-state index contributed by atoms with van der Waals surface area (Å²) in [5, 5.41) is 5.24. The molecule has 7 nitrogen and oxygen atoms in total. The lowest BCUT2D eigenvalue weighted by Gasteiger charge is -2.27. The van der Waals surface area contributed by atoms with Crippen LogP contribution in [-0.4, -0.2) is 47.5 Å². The monoisotopic (exact) mass is 340 g/mol. The number of nitrogens with one attached hydrogen (secondary N) is 2. The van der Waals surface area contributed by atoms with Crippen LogP contribution < -0.4 is 10.3 Å². The molecule has 1 aromatic carbocycles. The zero-order valence-corrected chi connectivity index (χ0v) is 13.4. The van der Waals surface area contributed by atoms with Crippen molar-refractivity contribution in [2.45, 2.75) is 0 Å². The van der Waals surface area contributed by atoms with Gasteiger partial charge in [-0.15, -0.1) is 0 Å². The van der Waals surface area contributed by atoms with Gasteiger partial charge in [-0.2, -0.15) is 10.1 Å². The van der Waals surface area contributed by atoms with Gasteiger partial charge in [0.05, 0.1) is 25.6 Å². The molecule has 2 N–H and O–H groups in total. The molecule has 0 radical (unpaired) electrons. The van der Waals surface area contributed by atoms with Crippen molar-refractivity contribution < 1.29 is 9.13 Å². The van der Waals surface area contributed by atoms with Gasteiger partial charge in [0, 0.05) is 35.8 Å². The van der Waals surface area contributed by atoms with Crippen LogP contribution in [0.15, 0.2) is 41.8 Å². The quantitative estimate of drug-likeness (QED) is 0.563. The Kier molecular flexibility index (Phi) is 4.26. The van der Waals surface area contributed by atoms with E-state index in [0.717, 1.165) is 22.7 Å². The average Bonchev–Trinajstić information content (AvgIpc) is 3.07. The molecule has 0 spiro atoms. The summed E-state index contributed by atoms with van der Waals surface area (Å²) in [7, 11) is 0. The van der Waals surface area contributed by atoms with Gasteiger partial charge in [0.1, 0.15) is 0 Å². The molecule has 0 saturated carbocycles. The Labute approximate surface area is 143 Å². The van der Waals surface area contributed by atoms with E-state index >= 15 is 0 Å². The predicted molar refractivity (Wildman–Crippen MR) is 94.5 cm³/mol. The molecule has 0 amide bonds. The number of aromatic nitrogens is 3. The molecule has 0 bridgehead atoms. The van der Waals surface area contributed by atoms with E-state index in [1.807, 2.05) is 35.4 Å². The minimum atomic E-state index is -0.451. The van der Waals surface area contributed by atoms with Crippen molar-refractivity contribution in [3.05, 3.63) is 48.0 Å². The number of rotatable bonds is 4. The van der Waals surface area contributed by atoms with Crippen molar-refractivity contribution in [3.63, 3.8) is 0 Å². The van der Waals surface area contributed by atoms with Crippen LogP contribution in [0.25, 0.3) is 10.9 Å². The summed E-state index contributed by atoms with van der Waals surface area (Å²) in [6, 6.07) is 7.95. The highest BCUT2D eigenvalue weighted by Crippen LogP contribution is 2.19. The Morgan fingerprint density at radius 2 is 2.12 bits per heavy atom. The summed E-state index contributed by atoms with van der Waals surface area (Å²) in [5.41, 5.74) is 4.74. The number of hydrazone groups is 1. The predicted octanol–water partition coefficient (Wildman–Crippen LogP) is 2.38. The third kappa shape index (κ3) is 3.29. The van der Waals surface area contributed by atoms with Crippen LogP contribution in [0, 0.1) is 5.82 Å². The number of anilines is 2. The minimum absolute atomic E-state index is 0.249. The minimum Gasteiger partial charge on any atom is -0.378 e. The van der Waals surface area contributed by atoms with E-state index in [1.165, 1.54) is 0 Å². The number of hydrogen-bond acceptors (Lipinski definition) is 6. The van der Waals surface area contributed by atoms with Crippen LogP contribution in [0.1, 0.15) is 5.56 Å². The summed E-state index contributed by atoms with van der Waals surface area (Å²) < 4.78 is 19.3. The number of ether oxygens (including phenoxy) is 1. The lowest BCUT2D eigenvalue weighted by Crippen LogP contribution is -2.37. The maximum Gasteiger partial charge on any atom is 0.245 e. The first-order valence-corrected chi connectivity index (χ1v) is 8.02. The van der Waals surface area contributed by atoms with Crippen molar-refractivity contribution in [2.24, 2.45) is 5.10 Å². The molecule has 0 unspecified atom stereocenters. The van der Waals surface area contributed by atoms with Gasteiger partial charge < -0.3 is 14.6 Å². The number of aromatic amines is 1. The highest BCUT2D eigenvalue weighted by atomic mass is 19.1. The molecule has 128 valence electrons. The summed E-state index contributed by atoms with van der Waals surface area (Å²) in [5.74, 6) is 0.0649. The number of hydrogen-bond donors (Lipinski definition) is 2. The van der Waals surface area contributed by atoms with E-state index in [0.29, 0.717) is 26.3 Å². The molecule has 1 saturated heterocycles. The molecule has 0 aliphatic carbocycles. The third-order valence-electron chi connectivity index (χ3n) is 4.03. The summed E-state index contributed by atoms with van der Waals surface area (Å²) in [6.07, 6.45) is 4.71. The van der Waals surface area contributed by atoms with Crippen molar-refractivity contribution in [1.29, 1.82) is 0 Å². The maximum absolute atomic E-state index is 14.0. The Hall–Kier alpha value is -3.00. The van der Waals surface area contributed by atoms with Crippen LogP contribution in [-0.2, 0) is 4.74 Å². The normalized spacial score (nSPS) is 15.2. The van der Waals surface area contributed by atoms with Gasteiger partial charge in [0.2, 0.25) is 5.95 Å². The van der Waals surface area contributed by atoms with E-state index in [1.54, 1.807) is 6.21 Å². The highest BCUT2D eigenvalue weighted by molar-refractivity contribution is 5.99. The van der Waals surface area contributed by atoms with E-state index < -0.39 is 5.82 Å². The number of nitrogens with zero attached hydrogens (tertiary/aromatic N) is 4. The van der Waals surface area contributed by atoms with E-state index in [4.69, 9.17) is 4.74 Å². The molecule has 1 aliphatic rings. The summed E-state index contributed by atoms with van der Waals surface area (Å²) in [6.45, 7) is 2.33. The fourth-order valence-electron chi connectivity index (χ4n) is 2.77. The number of fused-ring (bicyclic) bond motifs is 1. The van der Waals surface area contributed by atoms with Gasteiger partial charge in [-0.05, 0) is 6.07 Å². The SMILES string of the molecule is Fc1cnc(NN=Cc2c[nH]c3ccccc23)nc1N1CCOCC1. The molecule has 4 rings (SSSR count). The molecule has 2 aromatic heterocycles. The molecule has 3 heterocycles. The van der Waals surface area contributed by atoms with Gasteiger partial charge in [-0.25, -0.2) is 14.8 Å². The zero-order chi connectivity index (χ0) is 17.1. The number of H-pyrrole nitrogens is 1. The molecular formula is C17H17FN6O. The first kappa shape index (κ1) is 15.5. The zero-order valence-electron chi connectivity index (χ0n) is 13.4. The number of halogens is 1. The molecular weight excluding hydrogens is 323 g/mol. The molecule has 3 aromatic rings. The second-order valence-corrected chi connectivity index (χ2v) is 5.62. The molecule has 0 atom stereocenters. The van der Waals surface area contributed by atoms with Gasteiger partial charge in [0.15, 0.2) is 11.6 Å². The first-order chi connectivity index (χ1) is 12.3. The van der Waals surface area contributed by atoms with E-state index in [9.17, 15) is 4.39 Å². The van der Waals surface area contributed by atoms with Crippen LogP contribution in [0.3, 0.4) is 0 Å². The first-order valence-electron chi connectivity index (χ1n) is 8.02. The van der Waals surface area contributed by atoms with Crippen LogP contribution in [0.5, 0.6) is 0 Å². The van der Waals surface area contributed by atoms with Crippen molar-refractivity contribution in [2.75, 3.05) is 36.6 Å². The maximum atomic E-state index is 14.0. The van der Waals surface area contributed by atoms with Gasteiger partial charge in [-0.3, -0.25) is 0 Å². The number of para-hydroxylation sites is 1. The Balaban J connectivity index is 1.51. The van der Waals surface area contributed by atoms with E-state index in [2.05, 4.69) is 25.5 Å². The summed E-state index contributed by atoms with van der Waals surface area (Å²) in [4.78, 5) is 13.2. The fourth-order valence-corrected chi connectivity index (χ4v) is 2.77. The summed E-state index contributed by atoms with van der Waals surface area (Å²) >= 11 is 0. The fraction of sp³-hybridized carbons (Fsp3) is 0.235. The number of morpholine rings is 1. The largest absolute Gasteiger partial charge is 0.378 e. The Bertz CT molecular complexity index is 903. The van der Waals surface area contributed by atoms with Crippen LogP contribution in [0.4, 0.5) is 16.2 Å². The third-order valence-corrected chi connectivity index (χ3v) is 4.03. The van der Waals surface area contributed by atoms with Crippen LogP contribution >= 0.6 is 0 Å². The van der Waals surface area contributed by atoms with Crippen molar-refractivity contribution in [3.8, 4) is 0 Å². The Morgan fingerprint density at radius 1 is 1.28 bits per heavy atom. The van der Waals surface area contributed by atoms with Gasteiger partial charge >= 0.3 is 0 Å². The van der Waals surface area contributed by atoms with E-state index in [-0.39, 0.29) is 11.8 Å². The number of benzene rings is 1. The standard InChI is InChI=1S/C17H17FN6O/c18-14-11-20-17(22-16(14)24-5-7-25-8-6-24)23-21-10-12-9-19-15-4-2-1-3-13(12)15/h1-4,9-11,19H,5-8H2,(H,20,22,23). The van der Waals surface area contributed by atoms with Gasteiger partial charge in [0.25, 0.3) is 0 Å². The van der Waals surface area contributed by atoms with Gasteiger partial charge in [-0.1, -0.05) is 18.2 Å². The van der Waals surface area contributed by atoms with Crippen molar-refractivity contribution >= 4 is 28.9 Å². The molecule has 1 fully saturated rings.